The molecule has 1 N–H and O–H groups in total. The Morgan fingerprint density at radius 3 is 2.16 bits per heavy atom. The predicted octanol–water partition coefficient (Wildman–Crippen LogP) is 3.28. The smallest absolute Gasteiger partial charge is 0.230 e. The van der Waals surface area contributed by atoms with Crippen molar-refractivity contribution in [1.82, 2.24) is 15.0 Å². The van der Waals surface area contributed by atoms with Gasteiger partial charge in [-0.25, -0.2) is 9.97 Å². The van der Waals surface area contributed by atoms with Gasteiger partial charge in [0.2, 0.25) is 5.95 Å². The first-order valence-electron chi connectivity index (χ1n) is 5.98. The van der Waals surface area contributed by atoms with Crippen molar-refractivity contribution in [2.24, 2.45) is 0 Å². The second kappa shape index (κ2) is 5.27. The maximum atomic E-state index is 4.40. The van der Waals surface area contributed by atoms with Gasteiger partial charge in [0.25, 0.3) is 0 Å². The Hall–Kier alpha value is -2.75. The molecule has 19 heavy (non-hydrogen) atoms. The molecule has 0 saturated heterocycles. The summed E-state index contributed by atoms with van der Waals surface area (Å²) in [5, 5.41) is 3.15. The monoisotopic (exact) mass is 248 g/mol. The van der Waals surface area contributed by atoms with Gasteiger partial charge in [0.05, 0.1) is 0 Å². The van der Waals surface area contributed by atoms with E-state index in [1.165, 1.54) is 6.33 Å². The fourth-order valence-electron chi connectivity index (χ4n) is 1.73. The molecule has 0 aliphatic carbocycles. The van der Waals surface area contributed by atoms with E-state index in [2.05, 4.69) is 20.3 Å². The molecule has 0 fully saturated rings. The number of aromatic nitrogens is 3. The minimum atomic E-state index is 0.542. The number of benzene rings is 2. The molecule has 3 aromatic rings. The minimum absolute atomic E-state index is 0.542. The Bertz CT molecular complexity index is 653. The standard InChI is InChI=1S/C15H12N4/c1-3-7-12(8-4-1)14-16-11-17-15(19-14)18-13-9-5-2-6-10-13/h1-11H,(H,16,17,18,19). The van der Waals surface area contributed by atoms with E-state index in [1.807, 2.05) is 60.7 Å². The summed E-state index contributed by atoms with van der Waals surface area (Å²) in [6, 6.07) is 19.7. The van der Waals surface area contributed by atoms with E-state index in [1.54, 1.807) is 0 Å². The third-order valence-corrected chi connectivity index (χ3v) is 2.63. The normalized spacial score (nSPS) is 10.1. The van der Waals surface area contributed by atoms with Gasteiger partial charge in [-0.1, -0.05) is 48.5 Å². The molecule has 1 aromatic heterocycles. The van der Waals surface area contributed by atoms with Crippen LogP contribution in [0.25, 0.3) is 11.4 Å². The summed E-state index contributed by atoms with van der Waals surface area (Å²) in [7, 11) is 0. The molecule has 0 atom stereocenters. The van der Waals surface area contributed by atoms with Gasteiger partial charge < -0.3 is 5.32 Å². The Morgan fingerprint density at radius 2 is 1.42 bits per heavy atom. The van der Waals surface area contributed by atoms with Gasteiger partial charge in [0, 0.05) is 11.3 Å². The van der Waals surface area contributed by atoms with Crippen molar-refractivity contribution < 1.29 is 0 Å². The van der Waals surface area contributed by atoms with Crippen molar-refractivity contribution in [3.8, 4) is 11.4 Å². The maximum absolute atomic E-state index is 4.40. The predicted molar refractivity (Wildman–Crippen MR) is 75.0 cm³/mol. The van der Waals surface area contributed by atoms with Gasteiger partial charge in [-0.3, -0.25) is 0 Å². The van der Waals surface area contributed by atoms with E-state index >= 15 is 0 Å². The Labute approximate surface area is 111 Å². The van der Waals surface area contributed by atoms with Crippen molar-refractivity contribution in [1.29, 1.82) is 0 Å². The van der Waals surface area contributed by atoms with Gasteiger partial charge in [-0.2, -0.15) is 4.98 Å². The van der Waals surface area contributed by atoms with Gasteiger partial charge >= 0.3 is 0 Å². The third kappa shape index (κ3) is 2.74. The third-order valence-electron chi connectivity index (χ3n) is 2.63. The summed E-state index contributed by atoms with van der Waals surface area (Å²) < 4.78 is 0. The SMILES string of the molecule is c1ccc(Nc2ncnc(-c3ccccc3)n2)cc1. The molecule has 0 amide bonds. The van der Waals surface area contributed by atoms with E-state index in [0.29, 0.717) is 11.8 Å². The van der Waals surface area contributed by atoms with E-state index in [4.69, 9.17) is 0 Å². The largest absolute Gasteiger partial charge is 0.324 e. The number of para-hydroxylation sites is 1. The zero-order chi connectivity index (χ0) is 12.9. The van der Waals surface area contributed by atoms with Gasteiger partial charge in [-0.15, -0.1) is 0 Å². The van der Waals surface area contributed by atoms with Crippen LogP contribution in [0, 0.1) is 0 Å². The van der Waals surface area contributed by atoms with Crippen LogP contribution in [-0.4, -0.2) is 15.0 Å². The molecule has 0 saturated carbocycles. The molecule has 1 heterocycles. The summed E-state index contributed by atoms with van der Waals surface area (Å²) in [6.45, 7) is 0. The average molecular weight is 248 g/mol. The fourth-order valence-corrected chi connectivity index (χ4v) is 1.73. The lowest BCUT2D eigenvalue weighted by Gasteiger charge is -2.05. The Morgan fingerprint density at radius 1 is 0.737 bits per heavy atom. The lowest BCUT2D eigenvalue weighted by atomic mass is 10.2. The maximum Gasteiger partial charge on any atom is 0.230 e. The van der Waals surface area contributed by atoms with Crippen LogP contribution >= 0.6 is 0 Å². The topological polar surface area (TPSA) is 50.7 Å². The number of hydrogen-bond acceptors (Lipinski definition) is 4. The lowest BCUT2D eigenvalue weighted by molar-refractivity contribution is 1.06. The minimum Gasteiger partial charge on any atom is -0.324 e. The first-order valence-corrected chi connectivity index (χ1v) is 5.98. The van der Waals surface area contributed by atoms with Crippen LogP contribution in [0.5, 0.6) is 0 Å². The second-order valence-electron chi connectivity index (χ2n) is 3.99. The Kier molecular flexibility index (Phi) is 3.14. The first kappa shape index (κ1) is 11.3. The van der Waals surface area contributed by atoms with E-state index < -0.39 is 0 Å². The van der Waals surface area contributed by atoms with E-state index in [0.717, 1.165) is 11.3 Å². The molecule has 3 rings (SSSR count). The highest BCUT2D eigenvalue weighted by atomic mass is 15.1. The van der Waals surface area contributed by atoms with Crippen LogP contribution in [0.15, 0.2) is 67.0 Å². The zero-order valence-corrected chi connectivity index (χ0v) is 10.2. The van der Waals surface area contributed by atoms with Crippen LogP contribution in [0.3, 0.4) is 0 Å². The highest BCUT2D eigenvalue weighted by molar-refractivity contribution is 5.58. The summed E-state index contributed by atoms with van der Waals surface area (Å²) >= 11 is 0. The highest BCUT2D eigenvalue weighted by Gasteiger charge is 2.03. The second-order valence-corrected chi connectivity index (χ2v) is 3.99. The van der Waals surface area contributed by atoms with Crippen molar-refractivity contribution >= 4 is 11.6 Å². The quantitative estimate of drug-likeness (QED) is 0.772. The van der Waals surface area contributed by atoms with Crippen LogP contribution < -0.4 is 5.32 Å². The van der Waals surface area contributed by atoms with Gasteiger partial charge in [0.1, 0.15) is 6.33 Å². The fraction of sp³-hybridized carbons (Fsp3) is 0. The van der Waals surface area contributed by atoms with Crippen LogP contribution in [0.2, 0.25) is 0 Å². The van der Waals surface area contributed by atoms with Gasteiger partial charge in [-0.05, 0) is 12.1 Å². The van der Waals surface area contributed by atoms with Gasteiger partial charge in [0.15, 0.2) is 5.82 Å². The molecule has 0 radical (unpaired) electrons. The Balaban J connectivity index is 1.89. The summed E-state index contributed by atoms with van der Waals surface area (Å²) in [4.78, 5) is 12.7. The molecule has 0 unspecified atom stereocenters. The molecule has 4 heteroatoms. The van der Waals surface area contributed by atoms with E-state index in [-0.39, 0.29) is 0 Å². The molecule has 92 valence electrons. The lowest BCUT2D eigenvalue weighted by Crippen LogP contribution is -1.99. The molecular formula is C15H12N4. The summed E-state index contributed by atoms with van der Waals surface area (Å²) in [6.07, 6.45) is 1.51. The molecule has 0 spiro atoms. The summed E-state index contributed by atoms with van der Waals surface area (Å²) in [5.41, 5.74) is 1.92. The molecule has 0 bridgehead atoms. The number of rotatable bonds is 3. The van der Waals surface area contributed by atoms with E-state index in [9.17, 15) is 0 Å². The van der Waals surface area contributed by atoms with Crippen LogP contribution in [0.1, 0.15) is 0 Å². The molecule has 4 nitrogen and oxygen atoms in total. The first-order chi connectivity index (χ1) is 9.42. The molecular weight excluding hydrogens is 236 g/mol. The number of nitrogens with one attached hydrogen (secondary N) is 1. The van der Waals surface area contributed by atoms with Crippen LogP contribution in [-0.2, 0) is 0 Å². The average Bonchev–Trinajstić information content (AvgIpc) is 2.49. The van der Waals surface area contributed by atoms with Crippen molar-refractivity contribution in [3.63, 3.8) is 0 Å². The highest BCUT2D eigenvalue weighted by Crippen LogP contribution is 2.16. The van der Waals surface area contributed by atoms with Crippen LogP contribution in [0.4, 0.5) is 11.6 Å². The number of hydrogen-bond donors (Lipinski definition) is 1. The zero-order valence-electron chi connectivity index (χ0n) is 10.2. The molecule has 0 aliphatic rings. The van der Waals surface area contributed by atoms with Crippen molar-refractivity contribution in [2.45, 2.75) is 0 Å². The molecule has 0 aliphatic heterocycles. The number of nitrogens with zero attached hydrogens (tertiary/aromatic N) is 3. The number of anilines is 2. The van der Waals surface area contributed by atoms with Crippen molar-refractivity contribution in [3.05, 3.63) is 67.0 Å². The molecule has 2 aromatic carbocycles. The summed E-state index contributed by atoms with van der Waals surface area (Å²) in [5.74, 6) is 1.20. The van der Waals surface area contributed by atoms with Crippen molar-refractivity contribution in [2.75, 3.05) is 5.32 Å².